The Balaban J connectivity index is 1.40. The second kappa shape index (κ2) is 8.51. The third kappa shape index (κ3) is 4.10. The number of nitrogens with one attached hydrogen (secondary N) is 1. The Kier molecular flexibility index (Phi) is 5.38. The lowest BCUT2D eigenvalue weighted by Gasteiger charge is -2.12. The maximum atomic E-state index is 11.8. The van der Waals surface area contributed by atoms with Crippen molar-refractivity contribution < 1.29 is 8.95 Å². The Morgan fingerprint density at radius 2 is 1.97 bits per heavy atom. The number of anilines is 2. The van der Waals surface area contributed by atoms with Gasteiger partial charge in [0.25, 0.3) is 0 Å². The van der Waals surface area contributed by atoms with E-state index in [9.17, 15) is 4.21 Å². The first-order valence-corrected chi connectivity index (χ1v) is 11.8. The topological polar surface area (TPSA) is 121 Å². The Morgan fingerprint density at radius 1 is 1.09 bits per heavy atom. The minimum Gasteiger partial charge on any atom is -0.457 e. The van der Waals surface area contributed by atoms with E-state index in [1.54, 1.807) is 6.20 Å². The van der Waals surface area contributed by atoms with Crippen molar-refractivity contribution in [1.29, 1.82) is 0 Å². The molecular formula is C22H20N8O2S. The molecule has 0 spiro atoms. The van der Waals surface area contributed by atoms with Crippen LogP contribution >= 0.6 is 0 Å². The smallest absolute Gasteiger partial charge is 0.218 e. The van der Waals surface area contributed by atoms with E-state index in [0.717, 1.165) is 34.6 Å². The van der Waals surface area contributed by atoms with Crippen LogP contribution in [0.4, 0.5) is 11.5 Å². The number of fused-ring (bicyclic) bond motifs is 2. The molecule has 1 atom stereocenters. The van der Waals surface area contributed by atoms with Crippen molar-refractivity contribution in [3.05, 3.63) is 54.5 Å². The molecule has 166 valence electrons. The van der Waals surface area contributed by atoms with Gasteiger partial charge in [0, 0.05) is 24.6 Å². The quantitative estimate of drug-likeness (QED) is 0.377. The zero-order chi connectivity index (χ0) is 22.9. The van der Waals surface area contributed by atoms with Crippen molar-refractivity contribution in [2.45, 2.75) is 25.5 Å². The van der Waals surface area contributed by atoms with E-state index in [1.165, 1.54) is 12.6 Å². The van der Waals surface area contributed by atoms with Gasteiger partial charge in [0.15, 0.2) is 5.82 Å². The number of aryl methyl sites for hydroxylation is 2. The monoisotopic (exact) mass is 460 g/mol. The third-order valence-corrected chi connectivity index (χ3v) is 5.77. The summed E-state index contributed by atoms with van der Waals surface area (Å²) in [4.78, 5) is 16.9. The predicted molar refractivity (Wildman–Crippen MR) is 125 cm³/mol. The van der Waals surface area contributed by atoms with Gasteiger partial charge in [-0.15, -0.1) is 5.10 Å². The van der Waals surface area contributed by atoms with Crippen LogP contribution in [0.15, 0.2) is 54.1 Å². The van der Waals surface area contributed by atoms with Crippen molar-refractivity contribution in [3.8, 4) is 11.5 Å². The molecule has 0 aliphatic rings. The highest BCUT2D eigenvalue weighted by Gasteiger charge is 2.12. The number of benzene rings is 2. The maximum Gasteiger partial charge on any atom is 0.218 e. The third-order valence-electron chi connectivity index (χ3n) is 5.06. The number of aromatic nitrogens is 7. The maximum absolute atomic E-state index is 11.8. The molecule has 3 aromatic heterocycles. The van der Waals surface area contributed by atoms with Gasteiger partial charge in [0.1, 0.15) is 34.4 Å². The summed E-state index contributed by atoms with van der Waals surface area (Å²) in [6.45, 7) is 4.75. The van der Waals surface area contributed by atoms with Crippen LogP contribution in [0.2, 0.25) is 0 Å². The van der Waals surface area contributed by atoms with Crippen molar-refractivity contribution in [3.63, 3.8) is 0 Å². The minimum atomic E-state index is -1.31. The number of hydrogen-bond donors (Lipinski definition) is 1. The molecule has 3 heterocycles. The summed E-state index contributed by atoms with van der Waals surface area (Å²) < 4.78 is 19.7. The van der Waals surface area contributed by atoms with Gasteiger partial charge in [-0.25, -0.2) is 24.6 Å². The highest BCUT2D eigenvalue weighted by Crippen LogP contribution is 2.30. The first kappa shape index (κ1) is 20.9. The highest BCUT2D eigenvalue weighted by atomic mass is 32.2. The predicted octanol–water partition coefficient (Wildman–Crippen LogP) is 3.77. The van der Waals surface area contributed by atoms with Gasteiger partial charge in [0.05, 0.1) is 22.5 Å². The Hall–Kier alpha value is -3.99. The summed E-state index contributed by atoms with van der Waals surface area (Å²) in [5.74, 6) is 1.92. The molecule has 0 saturated carbocycles. The van der Waals surface area contributed by atoms with Gasteiger partial charge in [-0.3, -0.25) is 4.21 Å². The van der Waals surface area contributed by atoms with Gasteiger partial charge in [-0.2, -0.15) is 0 Å². The average Bonchev–Trinajstić information content (AvgIpc) is 3.23. The average molecular weight is 461 g/mol. The van der Waals surface area contributed by atoms with Crippen LogP contribution in [0.1, 0.15) is 12.5 Å². The molecule has 0 bridgehead atoms. The van der Waals surface area contributed by atoms with Crippen LogP contribution in [-0.4, -0.2) is 45.4 Å². The lowest BCUT2D eigenvalue weighted by Crippen LogP contribution is -2.02. The molecule has 11 heteroatoms. The van der Waals surface area contributed by atoms with Gasteiger partial charge in [0.2, 0.25) is 5.16 Å². The van der Waals surface area contributed by atoms with Crippen LogP contribution in [0.3, 0.4) is 0 Å². The zero-order valence-corrected chi connectivity index (χ0v) is 19.0. The standard InChI is InChI=1S/C22H20N8O2S/c1-4-30-18-7-6-15(10-16(18)28-29-30)32-19-8-5-14(9-13(19)2)26-21-20-17(24-12-25-21)11-23-22(27-20)33(3)31/h5-12H,4H2,1-3H3,(H,24,25,26). The van der Waals surface area contributed by atoms with Crippen molar-refractivity contribution in [2.75, 3.05) is 11.6 Å². The fourth-order valence-corrected chi connectivity index (χ4v) is 3.84. The molecule has 0 amide bonds. The van der Waals surface area contributed by atoms with Gasteiger partial charge in [-0.05, 0) is 49.7 Å². The van der Waals surface area contributed by atoms with E-state index in [4.69, 9.17) is 4.74 Å². The Labute approximate surface area is 191 Å². The van der Waals surface area contributed by atoms with Crippen molar-refractivity contribution in [1.82, 2.24) is 34.9 Å². The van der Waals surface area contributed by atoms with Crippen LogP contribution in [0, 0.1) is 6.92 Å². The van der Waals surface area contributed by atoms with Crippen LogP contribution in [0.25, 0.3) is 22.1 Å². The minimum absolute atomic E-state index is 0.233. The summed E-state index contributed by atoms with van der Waals surface area (Å²) in [6, 6.07) is 11.5. The first-order chi connectivity index (χ1) is 16.0. The second-order valence-electron chi connectivity index (χ2n) is 7.33. The highest BCUT2D eigenvalue weighted by molar-refractivity contribution is 7.84. The number of nitrogens with zero attached hydrogens (tertiary/aromatic N) is 7. The summed E-state index contributed by atoms with van der Waals surface area (Å²) in [5.41, 5.74) is 4.56. The van der Waals surface area contributed by atoms with E-state index in [-0.39, 0.29) is 5.16 Å². The summed E-state index contributed by atoms with van der Waals surface area (Å²) in [6.07, 6.45) is 4.51. The van der Waals surface area contributed by atoms with Crippen LogP contribution in [0.5, 0.6) is 11.5 Å². The van der Waals surface area contributed by atoms with Crippen LogP contribution < -0.4 is 10.1 Å². The normalized spacial score (nSPS) is 12.2. The summed E-state index contributed by atoms with van der Waals surface area (Å²) in [5, 5.41) is 11.8. The van der Waals surface area contributed by atoms with E-state index in [2.05, 4.69) is 35.6 Å². The molecule has 33 heavy (non-hydrogen) atoms. The summed E-state index contributed by atoms with van der Waals surface area (Å²) in [7, 11) is -1.31. The first-order valence-electron chi connectivity index (χ1n) is 10.2. The van der Waals surface area contributed by atoms with Gasteiger partial charge >= 0.3 is 0 Å². The zero-order valence-electron chi connectivity index (χ0n) is 18.2. The number of rotatable bonds is 6. The largest absolute Gasteiger partial charge is 0.457 e. The SMILES string of the molecule is CCn1nnc2cc(Oc3ccc(Nc4ncnc5cnc(S(C)=O)nc45)cc3C)ccc21. The second-order valence-corrected chi connectivity index (χ2v) is 8.60. The van der Waals surface area contributed by atoms with Crippen molar-refractivity contribution in [2.24, 2.45) is 0 Å². The van der Waals surface area contributed by atoms with E-state index < -0.39 is 10.8 Å². The lowest BCUT2D eigenvalue weighted by atomic mass is 10.2. The molecule has 5 rings (SSSR count). The molecule has 2 aromatic carbocycles. The fraction of sp³-hybridized carbons (Fsp3) is 0.182. The van der Waals surface area contributed by atoms with Crippen LogP contribution in [-0.2, 0) is 17.3 Å². The fourth-order valence-electron chi connectivity index (χ4n) is 3.42. The summed E-state index contributed by atoms with van der Waals surface area (Å²) >= 11 is 0. The molecule has 0 fully saturated rings. The number of ether oxygens (including phenoxy) is 1. The van der Waals surface area contributed by atoms with Gasteiger partial charge in [-0.1, -0.05) is 5.21 Å². The molecule has 5 aromatic rings. The Morgan fingerprint density at radius 3 is 2.76 bits per heavy atom. The Bertz CT molecular complexity index is 1520. The van der Waals surface area contributed by atoms with Gasteiger partial charge < -0.3 is 10.1 Å². The molecular weight excluding hydrogens is 440 g/mol. The van der Waals surface area contributed by atoms with E-state index in [0.29, 0.717) is 22.6 Å². The van der Waals surface area contributed by atoms with E-state index in [1.807, 2.05) is 54.9 Å². The molecule has 1 unspecified atom stereocenters. The molecule has 1 N–H and O–H groups in total. The molecule has 0 saturated heterocycles. The molecule has 0 aliphatic carbocycles. The number of hydrogen-bond acceptors (Lipinski definition) is 9. The molecule has 10 nitrogen and oxygen atoms in total. The van der Waals surface area contributed by atoms with Crippen molar-refractivity contribution >= 4 is 44.4 Å². The molecule has 0 aliphatic heterocycles. The molecule has 0 radical (unpaired) electrons. The van der Waals surface area contributed by atoms with E-state index >= 15 is 0 Å². The lowest BCUT2D eigenvalue weighted by molar-refractivity contribution is 0.479.